The molecule has 2 nitrogen and oxygen atoms in total. The van der Waals surface area contributed by atoms with E-state index in [9.17, 15) is 4.79 Å². The van der Waals surface area contributed by atoms with Gasteiger partial charge in [-0.05, 0) is 12.3 Å². The van der Waals surface area contributed by atoms with Gasteiger partial charge in [0.15, 0.2) is 5.43 Å². The predicted octanol–water partition coefficient (Wildman–Crippen LogP) is 3.19. The molecule has 2 aromatic rings. The van der Waals surface area contributed by atoms with Crippen molar-refractivity contribution >= 4 is 55.4 Å². The van der Waals surface area contributed by atoms with E-state index in [1.165, 1.54) is 34.4 Å². The number of fused-ring (bicyclic) bond motifs is 1. The molecule has 0 bridgehead atoms. The second-order valence-corrected chi connectivity index (χ2v) is 6.85. The Morgan fingerprint density at radius 2 is 2.27 bits per heavy atom. The summed E-state index contributed by atoms with van der Waals surface area (Å²) < 4.78 is 2.40. The second kappa shape index (κ2) is 4.43. The molecule has 0 atom stereocenters. The first-order valence-corrected chi connectivity index (χ1v) is 7.30. The van der Waals surface area contributed by atoms with Crippen LogP contribution in [-0.4, -0.2) is 11.4 Å². The molecule has 2 heterocycles. The third-order valence-electron chi connectivity index (χ3n) is 1.96. The van der Waals surface area contributed by atoms with Gasteiger partial charge < -0.3 is 5.11 Å². The zero-order valence-corrected chi connectivity index (χ0v) is 10.9. The van der Waals surface area contributed by atoms with Gasteiger partial charge in [-0.25, -0.2) is 0 Å². The molecule has 0 unspecified atom stereocenters. The molecule has 15 heavy (non-hydrogen) atoms. The first-order valence-electron chi connectivity index (χ1n) is 4.07. The minimum Gasteiger partial charge on any atom is -0.391 e. The fourth-order valence-electron chi connectivity index (χ4n) is 1.28. The van der Waals surface area contributed by atoms with Crippen molar-refractivity contribution in [2.75, 3.05) is 6.26 Å². The van der Waals surface area contributed by atoms with E-state index in [-0.39, 0.29) is 12.0 Å². The van der Waals surface area contributed by atoms with Crippen molar-refractivity contribution in [3.63, 3.8) is 0 Å². The van der Waals surface area contributed by atoms with Crippen LogP contribution in [0.25, 0.3) is 9.40 Å². The van der Waals surface area contributed by atoms with E-state index < -0.39 is 0 Å². The molecule has 0 aliphatic carbocycles. The monoisotopic (exact) mass is 278 g/mol. The van der Waals surface area contributed by atoms with Crippen LogP contribution in [0, 0.1) is 0 Å². The molecule has 0 saturated carbocycles. The third kappa shape index (κ3) is 1.94. The number of thiophene rings is 1. The van der Waals surface area contributed by atoms with Crippen LogP contribution in [0.2, 0.25) is 4.34 Å². The molecular formula is C9H7ClO2S3. The number of aliphatic hydroxyl groups excluding tert-OH is 1. The molecule has 0 aliphatic heterocycles. The average molecular weight is 279 g/mol. The van der Waals surface area contributed by atoms with E-state index in [2.05, 4.69) is 0 Å². The topological polar surface area (TPSA) is 37.3 Å². The highest BCUT2D eigenvalue weighted by Crippen LogP contribution is 2.36. The highest BCUT2D eigenvalue weighted by Gasteiger charge is 2.13. The Balaban J connectivity index is 2.87. The summed E-state index contributed by atoms with van der Waals surface area (Å²) in [6.07, 6.45) is 1.89. The molecule has 80 valence electrons. The van der Waals surface area contributed by atoms with Gasteiger partial charge in [0, 0.05) is 5.56 Å². The van der Waals surface area contributed by atoms with Gasteiger partial charge in [0.1, 0.15) is 0 Å². The van der Waals surface area contributed by atoms with Crippen molar-refractivity contribution < 1.29 is 5.11 Å². The van der Waals surface area contributed by atoms with Gasteiger partial charge in [-0.3, -0.25) is 4.79 Å². The third-order valence-corrected chi connectivity index (χ3v) is 5.72. The summed E-state index contributed by atoms with van der Waals surface area (Å²) in [6, 6.07) is 1.67. The van der Waals surface area contributed by atoms with E-state index in [0.29, 0.717) is 15.3 Å². The fourth-order valence-corrected chi connectivity index (χ4v) is 4.92. The average Bonchev–Trinajstić information content (AvgIpc) is 2.59. The van der Waals surface area contributed by atoms with Crippen molar-refractivity contribution in [2.45, 2.75) is 10.8 Å². The van der Waals surface area contributed by atoms with Gasteiger partial charge in [0.25, 0.3) is 0 Å². The van der Waals surface area contributed by atoms with Crippen molar-refractivity contribution in [3.05, 3.63) is 26.2 Å². The Morgan fingerprint density at radius 1 is 1.53 bits per heavy atom. The quantitative estimate of drug-likeness (QED) is 0.858. The van der Waals surface area contributed by atoms with E-state index >= 15 is 0 Å². The molecule has 0 aliphatic rings. The number of rotatable bonds is 2. The van der Waals surface area contributed by atoms with E-state index in [1.54, 1.807) is 6.07 Å². The molecule has 2 aromatic heterocycles. The number of aliphatic hydroxyl groups is 1. The Labute approximate surface area is 104 Å². The van der Waals surface area contributed by atoms with Gasteiger partial charge in [-0.2, -0.15) is 0 Å². The zero-order chi connectivity index (χ0) is 11.0. The summed E-state index contributed by atoms with van der Waals surface area (Å²) in [5, 5.41) is 9.78. The number of thioether (sulfide) groups is 1. The largest absolute Gasteiger partial charge is 0.391 e. The van der Waals surface area contributed by atoms with Crippen LogP contribution in [0.3, 0.4) is 0 Å². The number of hydrogen-bond acceptors (Lipinski definition) is 5. The first-order chi connectivity index (χ1) is 7.17. The molecular weight excluding hydrogens is 272 g/mol. The second-order valence-electron chi connectivity index (χ2n) is 2.81. The van der Waals surface area contributed by atoms with Gasteiger partial charge in [-0.15, -0.1) is 34.4 Å². The molecule has 0 spiro atoms. The normalized spacial score (nSPS) is 11.1. The number of halogens is 1. The van der Waals surface area contributed by atoms with Crippen LogP contribution >= 0.6 is 46.0 Å². The molecule has 0 radical (unpaired) electrons. The minimum atomic E-state index is -0.213. The van der Waals surface area contributed by atoms with Crippen molar-refractivity contribution in [3.8, 4) is 0 Å². The minimum absolute atomic E-state index is 0.0984. The molecule has 2 rings (SSSR count). The lowest BCUT2D eigenvalue weighted by molar-refractivity contribution is 0.278. The molecule has 0 amide bonds. The summed E-state index contributed by atoms with van der Waals surface area (Å²) in [7, 11) is 0. The Morgan fingerprint density at radius 3 is 2.87 bits per heavy atom. The lowest BCUT2D eigenvalue weighted by Gasteiger charge is -2.01. The maximum absolute atomic E-state index is 11.9. The van der Waals surface area contributed by atoms with Crippen molar-refractivity contribution in [2.24, 2.45) is 0 Å². The highest BCUT2D eigenvalue weighted by atomic mass is 35.5. The SMILES string of the molecule is CSc1sc2sc(Cl)cc2c(=O)c1CO. The Kier molecular flexibility index (Phi) is 3.37. The zero-order valence-electron chi connectivity index (χ0n) is 7.74. The maximum atomic E-state index is 11.9. The lowest BCUT2D eigenvalue weighted by atomic mass is 10.3. The molecule has 6 heteroatoms. The Hall–Kier alpha value is -0.0700. The van der Waals surface area contributed by atoms with Crippen LogP contribution in [-0.2, 0) is 6.61 Å². The Bertz CT molecular complexity index is 558. The van der Waals surface area contributed by atoms with Crippen molar-refractivity contribution in [1.82, 2.24) is 0 Å². The van der Waals surface area contributed by atoms with Gasteiger partial charge in [0.05, 0.1) is 24.6 Å². The van der Waals surface area contributed by atoms with E-state index in [1.807, 2.05) is 6.26 Å². The lowest BCUT2D eigenvalue weighted by Crippen LogP contribution is -2.08. The van der Waals surface area contributed by atoms with Gasteiger partial charge in [0.2, 0.25) is 0 Å². The summed E-state index contributed by atoms with van der Waals surface area (Å²) in [6.45, 7) is -0.213. The maximum Gasteiger partial charge on any atom is 0.195 e. The van der Waals surface area contributed by atoms with Gasteiger partial charge in [-0.1, -0.05) is 11.6 Å². The van der Waals surface area contributed by atoms with Crippen LogP contribution in [0.1, 0.15) is 5.56 Å². The molecule has 0 fully saturated rings. The predicted molar refractivity (Wildman–Crippen MR) is 68.7 cm³/mol. The van der Waals surface area contributed by atoms with Crippen LogP contribution in [0.4, 0.5) is 0 Å². The fraction of sp³-hybridized carbons (Fsp3) is 0.222. The summed E-state index contributed by atoms with van der Waals surface area (Å²) in [5.41, 5.74) is 0.383. The summed E-state index contributed by atoms with van der Waals surface area (Å²) in [5.74, 6) is 0. The van der Waals surface area contributed by atoms with Crippen molar-refractivity contribution in [1.29, 1.82) is 0 Å². The smallest absolute Gasteiger partial charge is 0.195 e. The molecule has 0 aromatic carbocycles. The van der Waals surface area contributed by atoms with Crippen LogP contribution in [0.5, 0.6) is 0 Å². The molecule has 1 N–H and O–H groups in total. The summed E-state index contributed by atoms with van der Waals surface area (Å²) >= 11 is 10.3. The standard InChI is InChI=1S/C9H7ClO2S3/c1-13-8-5(3-11)7(12)4-2-6(10)14-9(4)15-8/h2,11H,3H2,1H3. The van der Waals surface area contributed by atoms with Crippen LogP contribution < -0.4 is 5.43 Å². The van der Waals surface area contributed by atoms with Crippen LogP contribution in [0.15, 0.2) is 15.1 Å². The highest BCUT2D eigenvalue weighted by molar-refractivity contribution is 8.00. The first kappa shape index (κ1) is 11.4. The van der Waals surface area contributed by atoms with E-state index in [0.717, 1.165) is 8.22 Å². The molecule has 0 saturated heterocycles. The number of hydrogen-bond donors (Lipinski definition) is 1. The summed E-state index contributed by atoms with van der Waals surface area (Å²) in [4.78, 5) is 11.9. The van der Waals surface area contributed by atoms with Gasteiger partial charge >= 0.3 is 0 Å². The van der Waals surface area contributed by atoms with E-state index in [4.69, 9.17) is 16.7 Å².